The van der Waals surface area contributed by atoms with Gasteiger partial charge in [-0.05, 0) is 56.9 Å². The third kappa shape index (κ3) is 26.9. The van der Waals surface area contributed by atoms with Crippen molar-refractivity contribution in [2.75, 3.05) is 25.6 Å². The van der Waals surface area contributed by atoms with E-state index in [1.807, 2.05) is 42.5 Å². The highest BCUT2D eigenvalue weighted by Gasteiger charge is 2.46. The van der Waals surface area contributed by atoms with Crippen LogP contribution in [0.15, 0.2) is 65.7 Å². The van der Waals surface area contributed by atoms with E-state index < -0.39 is 89.8 Å². The lowest BCUT2D eigenvalue weighted by Gasteiger charge is -2.21. The molecule has 0 amide bonds. The first kappa shape index (κ1) is 58.8. The summed E-state index contributed by atoms with van der Waals surface area (Å²) in [4.78, 5) is 61.6. The minimum atomic E-state index is -5.44. The normalized spacial score (nSPS) is 20.7. The summed E-state index contributed by atoms with van der Waals surface area (Å²) < 4.78 is 56.5. The van der Waals surface area contributed by atoms with Gasteiger partial charge in [0.1, 0.15) is 30.7 Å². The summed E-state index contributed by atoms with van der Waals surface area (Å²) in [7, 11) is -10.9. The average Bonchev–Trinajstić information content (AvgIpc) is 3.53. The zero-order valence-electron chi connectivity index (χ0n) is 38.8. The van der Waals surface area contributed by atoms with Crippen LogP contribution in [0, 0.1) is 5.92 Å². The first-order valence-electron chi connectivity index (χ1n) is 23.1. The van der Waals surface area contributed by atoms with E-state index in [1.165, 1.54) is 25.3 Å². The van der Waals surface area contributed by atoms with Crippen molar-refractivity contribution in [3.8, 4) is 0 Å². The maximum atomic E-state index is 12.8. The zero-order valence-corrected chi connectivity index (χ0v) is 40.5. The van der Waals surface area contributed by atoms with Gasteiger partial charge in [-0.15, -0.1) is 0 Å². The Labute approximate surface area is 389 Å². The van der Waals surface area contributed by atoms with Crippen molar-refractivity contribution >= 4 is 33.4 Å². The Kier molecular flexibility index (Phi) is 29.6. The minimum Gasteiger partial charge on any atom is -0.462 e. The van der Waals surface area contributed by atoms with Crippen LogP contribution < -0.4 is 11.4 Å². The molecule has 0 spiro atoms. The Morgan fingerprint density at radius 1 is 0.818 bits per heavy atom. The minimum absolute atomic E-state index is 0.0436. The number of carbonyl (C=O) groups excluding carboxylic acids is 2. The van der Waals surface area contributed by atoms with Crippen molar-refractivity contribution in [3.63, 3.8) is 0 Å². The van der Waals surface area contributed by atoms with Crippen molar-refractivity contribution in [3.05, 3.63) is 71.4 Å². The van der Waals surface area contributed by atoms with Crippen LogP contribution in [0.3, 0.4) is 0 Å². The second-order valence-corrected chi connectivity index (χ2v) is 19.6. The lowest BCUT2D eigenvalue weighted by molar-refractivity contribution is -0.161. The lowest BCUT2D eigenvalue weighted by Crippen LogP contribution is -2.36. The number of unbranched alkanes of at least 4 members (excludes halogenated alkanes) is 8. The molecule has 2 unspecified atom stereocenters. The van der Waals surface area contributed by atoms with Gasteiger partial charge < -0.3 is 45.1 Å². The summed E-state index contributed by atoms with van der Waals surface area (Å²) in [5.41, 5.74) is 4.57. The van der Waals surface area contributed by atoms with Crippen molar-refractivity contribution < 1.29 is 71.4 Å². The highest BCUT2D eigenvalue weighted by Crippen LogP contribution is 2.60. The van der Waals surface area contributed by atoms with Crippen molar-refractivity contribution in [2.24, 2.45) is 5.92 Å². The number of aromatic nitrogens is 2. The molecule has 66 heavy (non-hydrogen) atoms. The molecule has 0 aliphatic carbocycles. The standard InChI is InChI=1S/C45H75N3O16P2/c1-4-5-26-36(49)27-22-18-14-10-8-6-7-9-11-15-20-24-29-41(51)62-37(32-59-40(50)28-23-19-16-12-13-17-21-25-35(2)3)33-60-65(55,56)64-66(57,58)61-34-38-42(52)43(53)44(63-38)48-31-30-39(46)47-45(48)54/h6-7,10-11,14-15,22,27,30-31,35-38,42-44,49,52-53H,4-5,8-9,12-13,16-21,23-26,28-29,32-34H2,1-3H3,(H,55,56)(H,57,58)(H2,46,47,54)/b7-6-,14-10-,15-11-,27-22-/t36-,37-,38-,42-,43-,44-/m1/s1. The molecule has 0 bridgehead atoms. The Bertz CT molecular complexity index is 1820. The number of hydrogen-bond acceptors (Lipinski definition) is 16. The van der Waals surface area contributed by atoms with Crippen molar-refractivity contribution in [1.29, 1.82) is 0 Å². The van der Waals surface area contributed by atoms with Crippen LogP contribution >= 0.6 is 15.6 Å². The molecule has 8 atom stereocenters. The molecule has 1 aliphatic rings. The maximum absolute atomic E-state index is 12.8. The Balaban J connectivity index is 1.86. The number of phosphoric acid groups is 2. The topological polar surface area (TPSA) is 286 Å². The molecular formula is C45H75N3O16P2. The molecule has 1 aliphatic heterocycles. The maximum Gasteiger partial charge on any atom is 0.481 e. The van der Waals surface area contributed by atoms with E-state index >= 15 is 0 Å². The van der Waals surface area contributed by atoms with E-state index in [1.54, 1.807) is 0 Å². The van der Waals surface area contributed by atoms with Gasteiger partial charge in [0.05, 0.1) is 19.3 Å². The number of nitrogens with zero attached hydrogens (tertiary/aromatic N) is 2. The van der Waals surface area contributed by atoms with Crippen LogP contribution in [0.2, 0.25) is 0 Å². The third-order valence-electron chi connectivity index (χ3n) is 10.2. The molecule has 1 aromatic rings. The lowest BCUT2D eigenvalue weighted by atomic mass is 10.0. The van der Waals surface area contributed by atoms with Gasteiger partial charge >= 0.3 is 33.3 Å². The highest BCUT2D eigenvalue weighted by molar-refractivity contribution is 7.61. The van der Waals surface area contributed by atoms with Crippen LogP contribution in [-0.4, -0.2) is 96.9 Å². The number of phosphoric ester groups is 2. The molecule has 2 heterocycles. The number of esters is 2. The number of aliphatic hydroxyl groups is 3. The van der Waals surface area contributed by atoms with Crippen LogP contribution in [0.4, 0.5) is 5.82 Å². The number of hydrogen-bond donors (Lipinski definition) is 6. The molecule has 0 radical (unpaired) electrons. The molecule has 2 rings (SSSR count). The van der Waals surface area contributed by atoms with Crippen molar-refractivity contribution in [2.45, 2.75) is 173 Å². The number of rotatable bonds is 36. The SMILES string of the molecule is CCCC[C@@H](O)/C=C\C/C=C\C/C=C\C/C=C\CCCC(=O)O[C@H](COC(=O)CCCCCCCCCC(C)C)COP(=O)(O)OP(=O)(O)OC[C@H]1O[C@@H](n2ccc(N)nc2=O)[C@H](O)[C@@H]1O. The molecular weight excluding hydrogens is 900 g/mol. The fraction of sp³-hybridized carbons (Fsp3) is 0.689. The molecule has 19 nitrogen and oxygen atoms in total. The number of allylic oxidation sites excluding steroid dienone is 7. The first-order valence-corrected chi connectivity index (χ1v) is 26.1. The van der Waals surface area contributed by atoms with Crippen molar-refractivity contribution in [1.82, 2.24) is 9.55 Å². The fourth-order valence-electron chi connectivity index (χ4n) is 6.51. The number of ether oxygens (including phenoxy) is 3. The summed E-state index contributed by atoms with van der Waals surface area (Å²) in [6.45, 7) is 4.13. The predicted molar refractivity (Wildman–Crippen MR) is 248 cm³/mol. The van der Waals surface area contributed by atoms with Crippen LogP contribution in [-0.2, 0) is 46.3 Å². The summed E-state index contributed by atoms with van der Waals surface area (Å²) in [6, 6.07) is 1.24. The van der Waals surface area contributed by atoms with Gasteiger partial charge in [0.25, 0.3) is 0 Å². The molecule has 0 saturated carbocycles. The summed E-state index contributed by atoms with van der Waals surface area (Å²) in [5, 5.41) is 30.7. The molecule has 0 aromatic carbocycles. The molecule has 1 fully saturated rings. The van der Waals surface area contributed by atoms with Gasteiger partial charge in [0.2, 0.25) is 0 Å². The van der Waals surface area contributed by atoms with Crippen LogP contribution in [0.1, 0.15) is 143 Å². The van der Waals surface area contributed by atoms with E-state index in [4.69, 9.17) is 29.0 Å². The Hall–Kier alpha value is -3.32. The number of nitrogens with two attached hydrogens (primary N) is 1. The molecule has 7 N–H and O–H groups in total. The average molecular weight is 976 g/mol. The molecule has 376 valence electrons. The monoisotopic (exact) mass is 975 g/mol. The number of aliphatic hydroxyl groups excluding tert-OH is 3. The third-order valence-corrected chi connectivity index (χ3v) is 12.8. The van der Waals surface area contributed by atoms with Gasteiger partial charge in [-0.2, -0.15) is 9.29 Å². The summed E-state index contributed by atoms with van der Waals surface area (Å²) in [5.74, 6) is -0.708. The summed E-state index contributed by atoms with van der Waals surface area (Å²) >= 11 is 0. The Morgan fingerprint density at radius 3 is 2.08 bits per heavy atom. The van der Waals surface area contributed by atoms with Gasteiger partial charge in [-0.1, -0.05) is 127 Å². The summed E-state index contributed by atoms with van der Waals surface area (Å²) in [6.07, 6.45) is 23.0. The zero-order chi connectivity index (χ0) is 48.8. The number of anilines is 1. The van der Waals surface area contributed by atoms with Gasteiger partial charge in [0, 0.05) is 19.0 Å². The molecule has 1 saturated heterocycles. The van der Waals surface area contributed by atoms with Gasteiger partial charge in [0.15, 0.2) is 12.3 Å². The predicted octanol–water partition coefficient (Wildman–Crippen LogP) is 7.43. The van der Waals surface area contributed by atoms with E-state index in [0.29, 0.717) is 31.6 Å². The Morgan fingerprint density at radius 2 is 1.42 bits per heavy atom. The van der Waals surface area contributed by atoms with E-state index in [-0.39, 0.29) is 18.7 Å². The second kappa shape index (κ2) is 33.2. The fourth-order valence-corrected chi connectivity index (χ4v) is 8.62. The largest absolute Gasteiger partial charge is 0.481 e. The quantitative estimate of drug-likeness (QED) is 0.0165. The smallest absolute Gasteiger partial charge is 0.462 e. The van der Waals surface area contributed by atoms with E-state index in [0.717, 1.165) is 68.6 Å². The van der Waals surface area contributed by atoms with E-state index in [9.17, 15) is 48.6 Å². The van der Waals surface area contributed by atoms with E-state index in [2.05, 4.69) is 36.1 Å². The highest BCUT2D eigenvalue weighted by atomic mass is 31.3. The molecule has 1 aromatic heterocycles. The van der Waals surface area contributed by atoms with Crippen LogP contribution in [0.5, 0.6) is 0 Å². The molecule has 21 heteroatoms. The second-order valence-electron chi connectivity index (χ2n) is 16.6. The van der Waals surface area contributed by atoms with Gasteiger partial charge in [-0.3, -0.25) is 23.2 Å². The number of nitrogen functional groups attached to an aromatic ring is 1. The first-order chi connectivity index (χ1) is 31.4. The van der Waals surface area contributed by atoms with Crippen LogP contribution in [0.25, 0.3) is 0 Å². The van der Waals surface area contributed by atoms with Gasteiger partial charge in [-0.25, -0.2) is 13.9 Å². The number of carbonyl (C=O) groups is 2.